The number of carbonyl (C=O) groups excluding carboxylic acids is 1. The summed E-state index contributed by atoms with van der Waals surface area (Å²) in [7, 11) is -4.30. The second-order valence-corrected chi connectivity index (χ2v) is 17.2. The fraction of sp³-hybridized carbons (Fsp3) is 0.977. The summed E-state index contributed by atoms with van der Waals surface area (Å²) < 4.78 is 32.5. The van der Waals surface area contributed by atoms with Gasteiger partial charge in [0.25, 0.3) is 10.1 Å². The van der Waals surface area contributed by atoms with Gasteiger partial charge in [-0.1, -0.05) is 232 Å². The summed E-state index contributed by atoms with van der Waals surface area (Å²) in [4.78, 5) is 12.5. The third-order valence-corrected chi connectivity index (χ3v) is 11.3. The van der Waals surface area contributed by atoms with Crippen LogP contribution in [0, 0.1) is 0 Å². The van der Waals surface area contributed by atoms with E-state index in [9.17, 15) is 22.9 Å². The number of hydrogen-bond acceptors (Lipinski definition) is 4. The van der Waals surface area contributed by atoms with Crippen LogP contribution in [0.5, 0.6) is 0 Å². The Labute approximate surface area is 312 Å². The van der Waals surface area contributed by atoms with Gasteiger partial charge in [-0.3, -0.25) is 9.35 Å². The predicted octanol–water partition coefficient (Wildman–Crippen LogP) is 13.2. The predicted molar refractivity (Wildman–Crippen MR) is 217 cm³/mol. The molecule has 0 bridgehead atoms. The van der Waals surface area contributed by atoms with E-state index in [0.29, 0.717) is 12.8 Å². The Morgan fingerprint density at radius 1 is 0.460 bits per heavy atom. The van der Waals surface area contributed by atoms with Crippen LogP contribution in [-0.2, 0) is 14.9 Å². The first kappa shape index (κ1) is 49.3. The molecule has 7 heteroatoms. The molecular weight excluding hydrogens is 643 g/mol. The van der Waals surface area contributed by atoms with Gasteiger partial charge >= 0.3 is 0 Å². The molecule has 0 aromatic rings. The van der Waals surface area contributed by atoms with Gasteiger partial charge in [0.1, 0.15) is 0 Å². The highest BCUT2D eigenvalue weighted by Gasteiger charge is 2.26. The van der Waals surface area contributed by atoms with Crippen LogP contribution < -0.4 is 5.32 Å². The summed E-state index contributed by atoms with van der Waals surface area (Å²) in [6.45, 7) is 4.54. The molecule has 0 saturated heterocycles. The normalized spacial score (nSPS) is 13.1. The molecule has 0 saturated carbocycles. The SMILES string of the molecule is CCCCCCCCCCCCCCCCCCCCCCCCC(=O)NC(CS(=O)(=O)O)C(O)CCCCCCCCCCCCCCC. The molecule has 50 heavy (non-hydrogen) atoms. The quantitative estimate of drug-likeness (QED) is 0.0429. The molecule has 0 aromatic carbocycles. The van der Waals surface area contributed by atoms with E-state index >= 15 is 0 Å². The van der Waals surface area contributed by atoms with Crippen molar-refractivity contribution in [2.45, 2.75) is 264 Å². The van der Waals surface area contributed by atoms with Gasteiger partial charge in [-0.2, -0.15) is 8.42 Å². The van der Waals surface area contributed by atoms with Gasteiger partial charge in [-0.05, 0) is 12.8 Å². The fourth-order valence-electron chi connectivity index (χ4n) is 7.22. The van der Waals surface area contributed by atoms with Crippen molar-refractivity contribution < 1.29 is 22.9 Å². The Balaban J connectivity index is 3.73. The van der Waals surface area contributed by atoms with Gasteiger partial charge in [0.2, 0.25) is 5.91 Å². The molecule has 0 spiro atoms. The molecule has 2 atom stereocenters. The van der Waals surface area contributed by atoms with E-state index in [0.717, 1.165) is 38.5 Å². The Morgan fingerprint density at radius 3 is 1.00 bits per heavy atom. The maximum atomic E-state index is 12.5. The van der Waals surface area contributed by atoms with Crippen LogP contribution >= 0.6 is 0 Å². The molecule has 3 N–H and O–H groups in total. The van der Waals surface area contributed by atoms with Crippen LogP contribution in [0.15, 0.2) is 0 Å². The van der Waals surface area contributed by atoms with Crippen molar-refractivity contribution in [2.75, 3.05) is 5.75 Å². The first-order chi connectivity index (χ1) is 24.3. The van der Waals surface area contributed by atoms with Gasteiger partial charge in [0.05, 0.1) is 17.9 Å². The Morgan fingerprint density at radius 2 is 0.720 bits per heavy atom. The van der Waals surface area contributed by atoms with Crippen molar-refractivity contribution in [3.05, 3.63) is 0 Å². The topological polar surface area (TPSA) is 104 Å². The molecule has 0 aliphatic heterocycles. The number of aliphatic hydroxyl groups is 1. The van der Waals surface area contributed by atoms with Crippen LogP contribution in [-0.4, -0.2) is 41.9 Å². The number of aliphatic hydroxyl groups excluding tert-OH is 1. The third-order valence-electron chi connectivity index (χ3n) is 10.6. The molecule has 0 heterocycles. The second kappa shape index (κ2) is 38.1. The molecule has 0 rings (SSSR count). The number of nitrogens with one attached hydrogen (secondary N) is 1. The maximum absolute atomic E-state index is 12.5. The molecule has 0 aliphatic rings. The minimum atomic E-state index is -4.30. The molecule has 0 aliphatic carbocycles. The number of unbranched alkanes of at least 4 members (excludes halogenated alkanes) is 33. The summed E-state index contributed by atoms with van der Waals surface area (Å²) in [6, 6.07) is -0.963. The molecule has 1 amide bonds. The zero-order chi connectivity index (χ0) is 36.8. The zero-order valence-corrected chi connectivity index (χ0v) is 34.4. The Hall–Kier alpha value is -0.660. The highest BCUT2D eigenvalue weighted by Crippen LogP contribution is 2.17. The van der Waals surface area contributed by atoms with Crippen LogP contribution in [0.4, 0.5) is 0 Å². The lowest BCUT2D eigenvalue weighted by molar-refractivity contribution is -0.122. The minimum Gasteiger partial charge on any atom is -0.391 e. The molecular formula is C43H87NO5S. The lowest BCUT2D eigenvalue weighted by Gasteiger charge is -2.23. The van der Waals surface area contributed by atoms with Crippen LogP contribution in [0.2, 0.25) is 0 Å². The molecule has 2 unspecified atom stereocenters. The van der Waals surface area contributed by atoms with Crippen molar-refractivity contribution in [2.24, 2.45) is 0 Å². The summed E-state index contributed by atoms with van der Waals surface area (Å²) >= 11 is 0. The zero-order valence-electron chi connectivity index (χ0n) is 33.6. The summed E-state index contributed by atoms with van der Waals surface area (Å²) in [5.41, 5.74) is 0. The van der Waals surface area contributed by atoms with Crippen molar-refractivity contribution in [1.29, 1.82) is 0 Å². The molecule has 0 aromatic heterocycles. The summed E-state index contributed by atoms with van der Waals surface area (Å²) in [6.07, 6.45) is 44.9. The molecule has 0 radical (unpaired) electrons. The van der Waals surface area contributed by atoms with Gasteiger partial charge in [-0.25, -0.2) is 0 Å². The average molecular weight is 730 g/mol. The van der Waals surface area contributed by atoms with E-state index in [-0.39, 0.29) is 5.91 Å². The third kappa shape index (κ3) is 38.6. The number of rotatable bonds is 41. The lowest BCUT2D eigenvalue weighted by Crippen LogP contribution is -2.47. The average Bonchev–Trinajstić information content (AvgIpc) is 3.08. The van der Waals surface area contributed by atoms with Gasteiger partial charge in [0.15, 0.2) is 0 Å². The van der Waals surface area contributed by atoms with E-state index in [4.69, 9.17) is 0 Å². The van der Waals surface area contributed by atoms with E-state index < -0.39 is 28.0 Å². The fourth-order valence-corrected chi connectivity index (χ4v) is 7.98. The first-order valence-corrected chi connectivity index (χ1v) is 23.8. The van der Waals surface area contributed by atoms with E-state index in [1.54, 1.807) is 0 Å². The van der Waals surface area contributed by atoms with Crippen LogP contribution in [0.25, 0.3) is 0 Å². The number of hydrogen-bond donors (Lipinski definition) is 3. The monoisotopic (exact) mass is 730 g/mol. The van der Waals surface area contributed by atoms with Crippen molar-refractivity contribution in [3.63, 3.8) is 0 Å². The summed E-state index contributed by atoms with van der Waals surface area (Å²) in [5, 5.41) is 13.4. The van der Waals surface area contributed by atoms with Gasteiger partial charge in [0, 0.05) is 6.42 Å². The van der Waals surface area contributed by atoms with Crippen molar-refractivity contribution in [1.82, 2.24) is 5.32 Å². The smallest absolute Gasteiger partial charge is 0.266 e. The molecule has 6 nitrogen and oxygen atoms in total. The van der Waals surface area contributed by atoms with Crippen molar-refractivity contribution >= 4 is 16.0 Å². The number of amides is 1. The highest BCUT2D eigenvalue weighted by atomic mass is 32.2. The lowest BCUT2D eigenvalue weighted by atomic mass is 10.0. The molecule has 300 valence electrons. The van der Waals surface area contributed by atoms with Crippen molar-refractivity contribution in [3.8, 4) is 0 Å². The first-order valence-electron chi connectivity index (χ1n) is 22.2. The largest absolute Gasteiger partial charge is 0.391 e. The van der Waals surface area contributed by atoms with E-state index in [2.05, 4.69) is 19.2 Å². The van der Waals surface area contributed by atoms with E-state index in [1.165, 1.54) is 186 Å². The van der Waals surface area contributed by atoms with Crippen LogP contribution in [0.3, 0.4) is 0 Å². The van der Waals surface area contributed by atoms with Crippen LogP contribution in [0.1, 0.15) is 251 Å². The summed E-state index contributed by atoms with van der Waals surface area (Å²) in [5.74, 6) is -0.881. The van der Waals surface area contributed by atoms with Gasteiger partial charge in [-0.15, -0.1) is 0 Å². The second-order valence-electron chi connectivity index (χ2n) is 15.7. The Kier molecular flexibility index (Phi) is 37.6. The highest BCUT2D eigenvalue weighted by molar-refractivity contribution is 7.85. The minimum absolute atomic E-state index is 0.240. The van der Waals surface area contributed by atoms with E-state index in [1.807, 2.05) is 0 Å². The molecule has 0 fully saturated rings. The van der Waals surface area contributed by atoms with Gasteiger partial charge < -0.3 is 10.4 Å². The Bertz CT molecular complexity index is 805. The number of carbonyl (C=O) groups is 1. The standard InChI is InChI=1S/C43H87NO5S/c1-3-5-7-9-11-13-15-17-18-19-20-21-22-23-24-25-27-29-31-33-35-37-39-43(46)44-41(40-50(47,48)49)42(45)38-36-34-32-30-28-26-16-14-12-10-8-6-4-2/h41-42,45H,3-40H2,1-2H3,(H,44,46)(H,47,48,49). The maximum Gasteiger partial charge on any atom is 0.266 e.